The number of ether oxygens (including phenoxy) is 3. The molecule has 0 unspecified atom stereocenters. The molecule has 0 radical (unpaired) electrons. The third-order valence-electron chi connectivity index (χ3n) is 3.10. The predicted octanol–water partition coefficient (Wildman–Crippen LogP) is 3.46. The SMILES string of the molecule is COc1cc(C=NNC(=O)COc2ccc(Cl)cc2Cl)ccc1OC(C)=O. The number of rotatable bonds is 7. The highest BCUT2D eigenvalue weighted by Crippen LogP contribution is 2.28. The van der Waals surface area contributed by atoms with E-state index < -0.39 is 11.9 Å². The van der Waals surface area contributed by atoms with Crippen LogP contribution in [0.3, 0.4) is 0 Å². The molecule has 0 fully saturated rings. The van der Waals surface area contributed by atoms with Gasteiger partial charge in [0.1, 0.15) is 5.75 Å². The third-order valence-corrected chi connectivity index (χ3v) is 3.63. The summed E-state index contributed by atoms with van der Waals surface area (Å²) in [4.78, 5) is 22.8. The highest BCUT2D eigenvalue weighted by molar-refractivity contribution is 6.35. The van der Waals surface area contributed by atoms with E-state index in [1.165, 1.54) is 26.3 Å². The Morgan fingerprint density at radius 1 is 1.11 bits per heavy atom. The van der Waals surface area contributed by atoms with Gasteiger partial charge in [-0.2, -0.15) is 5.10 Å². The number of hydrogen-bond acceptors (Lipinski definition) is 6. The smallest absolute Gasteiger partial charge is 0.308 e. The summed E-state index contributed by atoms with van der Waals surface area (Å²) < 4.78 is 15.5. The number of carbonyl (C=O) groups excluding carboxylic acids is 2. The van der Waals surface area contributed by atoms with Crippen LogP contribution in [0.5, 0.6) is 17.2 Å². The Morgan fingerprint density at radius 2 is 1.85 bits per heavy atom. The first-order valence-electron chi connectivity index (χ1n) is 7.65. The minimum Gasteiger partial charge on any atom is -0.493 e. The van der Waals surface area contributed by atoms with E-state index in [0.717, 1.165) is 0 Å². The molecule has 1 N–H and O–H groups in total. The van der Waals surface area contributed by atoms with Gasteiger partial charge in [0.05, 0.1) is 18.3 Å². The van der Waals surface area contributed by atoms with Crippen molar-refractivity contribution in [2.24, 2.45) is 5.10 Å². The second-order valence-electron chi connectivity index (χ2n) is 5.16. The van der Waals surface area contributed by atoms with Gasteiger partial charge in [-0.3, -0.25) is 9.59 Å². The van der Waals surface area contributed by atoms with Gasteiger partial charge >= 0.3 is 5.97 Å². The molecule has 0 heterocycles. The molecule has 0 saturated carbocycles. The zero-order valence-corrected chi connectivity index (χ0v) is 16.0. The maximum absolute atomic E-state index is 11.8. The summed E-state index contributed by atoms with van der Waals surface area (Å²) >= 11 is 11.7. The molecule has 0 bridgehead atoms. The normalized spacial score (nSPS) is 10.5. The summed E-state index contributed by atoms with van der Waals surface area (Å²) in [5.41, 5.74) is 2.96. The maximum atomic E-state index is 11.8. The first kappa shape index (κ1) is 20.5. The number of esters is 1. The Hall–Kier alpha value is -2.77. The molecule has 1 amide bonds. The lowest BCUT2D eigenvalue weighted by atomic mass is 10.2. The fourth-order valence-corrected chi connectivity index (χ4v) is 2.41. The van der Waals surface area contributed by atoms with Crippen molar-refractivity contribution in [3.63, 3.8) is 0 Å². The third kappa shape index (κ3) is 6.47. The van der Waals surface area contributed by atoms with Crippen molar-refractivity contribution in [1.29, 1.82) is 0 Å². The van der Waals surface area contributed by atoms with Gasteiger partial charge in [-0.05, 0) is 42.0 Å². The molecular weight excluding hydrogens is 395 g/mol. The second kappa shape index (κ2) is 9.80. The molecule has 2 rings (SSSR count). The number of methoxy groups -OCH3 is 1. The molecule has 27 heavy (non-hydrogen) atoms. The summed E-state index contributed by atoms with van der Waals surface area (Å²) in [5.74, 6) is 0.0650. The minimum atomic E-state index is -0.472. The van der Waals surface area contributed by atoms with E-state index in [-0.39, 0.29) is 6.61 Å². The van der Waals surface area contributed by atoms with Gasteiger partial charge in [-0.1, -0.05) is 23.2 Å². The van der Waals surface area contributed by atoms with E-state index in [2.05, 4.69) is 10.5 Å². The lowest BCUT2D eigenvalue weighted by Crippen LogP contribution is -2.24. The fraction of sp³-hybridized carbons (Fsp3) is 0.167. The van der Waals surface area contributed by atoms with E-state index in [4.69, 9.17) is 37.4 Å². The quantitative estimate of drug-likeness (QED) is 0.327. The Bertz CT molecular complexity index is 871. The molecule has 2 aromatic rings. The number of hydrazone groups is 1. The number of halogens is 2. The predicted molar refractivity (Wildman–Crippen MR) is 102 cm³/mol. The van der Waals surface area contributed by atoms with Crippen LogP contribution in [-0.2, 0) is 9.59 Å². The number of nitrogens with zero attached hydrogens (tertiary/aromatic N) is 1. The molecule has 0 aromatic heterocycles. The van der Waals surface area contributed by atoms with Gasteiger partial charge in [0.2, 0.25) is 0 Å². The van der Waals surface area contributed by atoms with Gasteiger partial charge in [0.25, 0.3) is 5.91 Å². The average molecular weight is 411 g/mol. The number of amides is 1. The lowest BCUT2D eigenvalue weighted by molar-refractivity contribution is -0.132. The van der Waals surface area contributed by atoms with Gasteiger partial charge in [-0.25, -0.2) is 5.43 Å². The first-order valence-corrected chi connectivity index (χ1v) is 8.41. The molecule has 0 spiro atoms. The molecule has 0 aliphatic carbocycles. The molecule has 0 aliphatic rings. The maximum Gasteiger partial charge on any atom is 0.308 e. The molecule has 0 atom stereocenters. The van der Waals surface area contributed by atoms with Crippen molar-refractivity contribution in [3.05, 3.63) is 52.0 Å². The standard InChI is InChI=1S/C18H16Cl2N2O5/c1-11(23)27-16-5-3-12(7-17(16)25-2)9-21-22-18(24)10-26-15-6-4-13(19)8-14(15)20/h3-9H,10H2,1-2H3,(H,22,24). The van der Waals surface area contributed by atoms with Crippen molar-refractivity contribution < 1.29 is 23.8 Å². The highest BCUT2D eigenvalue weighted by Gasteiger charge is 2.08. The molecule has 142 valence electrons. The van der Waals surface area contributed by atoms with Gasteiger partial charge in [-0.15, -0.1) is 0 Å². The van der Waals surface area contributed by atoms with Crippen molar-refractivity contribution >= 4 is 41.3 Å². The van der Waals surface area contributed by atoms with E-state index in [1.54, 1.807) is 30.3 Å². The van der Waals surface area contributed by atoms with Gasteiger partial charge in [0, 0.05) is 11.9 Å². The number of benzene rings is 2. The van der Waals surface area contributed by atoms with Crippen LogP contribution in [0, 0.1) is 0 Å². The zero-order chi connectivity index (χ0) is 19.8. The average Bonchev–Trinajstić information content (AvgIpc) is 2.61. The lowest BCUT2D eigenvalue weighted by Gasteiger charge is -2.08. The van der Waals surface area contributed by atoms with Crippen molar-refractivity contribution in [3.8, 4) is 17.2 Å². The van der Waals surface area contributed by atoms with Crippen LogP contribution in [0.25, 0.3) is 0 Å². The first-order chi connectivity index (χ1) is 12.9. The molecule has 2 aromatic carbocycles. The summed E-state index contributed by atoms with van der Waals surface area (Å²) in [5, 5.41) is 4.61. The Labute approximate surface area is 165 Å². The Balaban J connectivity index is 1.90. The molecule has 9 heteroatoms. The van der Waals surface area contributed by atoms with Crippen LogP contribution >= 0.6 is 23.2 Å². The number of nitrogens with one attached hydrogen (secondary N) is 1. The van der Waals surface area contributed by atoms with Crippen LogP contribution in [-0.4, -0.2) is 31.8 Å². The monoisotopic (exact) mass is 410 g/mol. The Kier molecular flexibility index (Phi) is 7.45. The van der Waals surface area contributed by atoms with E-state index in [0.29, 0.717) is 32.9 Å². The van der Waals surface area contributed by atoms with Crippen LogP contribution in [0.1, 0.15) is 12.5 Å². The van der Waals surface area contributed by atoms with E-state index in [1.807, 2.05) is 0 Å². The number of carbonyl (C=O) groups is 2. The summed E-state index contributed by atoms with van der Waals surface area (Å²) in [7, 11) is 1.45. The van der Waals surface area contributed by atoms with Crippen LogP contribution < -0.4 is 19.6 Å². The van der Waals surface area contributed by atoms with Crippen LogP contribution in [0.4, 0.5) is 0 Å². The van der Waals surface area contributed by atoms with Crippen LogP contribution in [0.2, 0.25) is 10.0 Å². The summed E-state index contributed by atoms with van der Waals surface area (Å²) in [6.07, 6.45) is 1.41. The molecule has 0 aliphatic heterocycles. The Morgan fingerprint density at radius 3 is 2.52 bits per heavy atom. The summed E-state index contributed by atoms with van der Waals surface area (Å²) in [6, 6.07) is 9.51. The zero-order valence-electron chi connectivity index (χ0n) is 14.5. The number of hydrogen-bond donors (Lipinski definition) is 1. The summed E-state index contributed by atoms with van der Waals surface area (Å²) in [6.45, 7) is 1.02. The largest absolute Gasteiger partial charge is 0.493 e. The topological polar surface area (TPSA) is 86.2 Å². The second-order valence-corrected chi connectivity index (χ2v) is 6.00. The molecular formula is C18H16Cl2N2O5. The molecule has 7 nitrogen and oxygen atoms in total. The van der Waals surface area contributed by atoms with Crippen molar-refractivity contribution in [2.45, 2.75) is 6.92 Å². The van der Waals surface area contributed by atoms with Gasteiger partial charge in [0.15, 0.2) is 18.1 Å². The highest BCUT2D eigenvalue weighted by atomic mass is 35.5. The van der Waals surface area contributed by atoms with Crippen LogP contribution in [0.15, 0.2) is 41.5 Å². The van der Waals surface area contributed by atoms with Gasteiger partial charge < -0.3 is 14.2 Å². The van der Waals surface area contributed by atoms with E-state index >= 15 is 0 Å². The molecule has 0 saturated heterocycles. The van der Waals surface area contributed by atoms with Crippen molar-refractivity contribution in [2.75, 3.05) is 13.7 Å². The minimum absolute atomic E-state index is 0.270. The fourth-order valence-electron chi connectivity index (χ4n) is 1.95. The van der Waals surface area contributed by atoms with Crippen molar-refractivity contribution in [1.82, 2.24) is 5.43 Å². The van der Waals surface area contributed by atoms with E-state index in [9.17, 15) is 9.59 Å².